The van der Waals surface area contributed by atoms with Crippen molar-refractivity contribution < 1.29 is 153 Å². The van der Waals surface area contributed by atoms with Gasteiger partial charge in [0, 0.05) is 83.1 Å². The van der Waals surface area contributed by atoms with Gasteiger partial charge in [-0.25, -0.2) is 14.4 Å². The molecular formula is C46H64O32. The number of ether oxygens (including phenoxy) is 15. The number of unbranched alkanes of at least 4 members (excludes halogenated alkanes) is 1. The van der Waals surface area contributed by atoms with Gasteiger partial charge in [-0.15, -0.1) is 0 Å². The fourth-order valence-electron chi connectivity index (χ4n) is 6.34. The van der Waals surface area contributed by atoms with Gasteiger partial charge in [-0.1, -0.05) is 0 Å². The van der Waals surface area contributed by atoms with E-state index in [1.165, 1.54) is 0 Å². The van der Waals surface area contributed by atoms with E-state index in [0.717, 1.165) is 83.1 Å². The van der Waals surface area contributed by atoms with E-state index in [-0.39, 0.29) is 12.8 Å². The van der Waals surface area contributed by atoms with E-state index in [4.69, 9.17) is 71.1 Å². The van der Waals surface area contributed by atoms with Crippen molar-refractivity contribution in [3.05, 3.63) is 0 Å². The molecule has 0 aromatic heterocycles. The van der Waals surface area contributed by atoms with Gasteiger partial charge in [0.05, 0.1) is 13.2 Å². The van der Waals surface area contributed by atoms with Gasteiger partial charge in [-0.3, -0.25) is 57.5 Å². The van der Waals surface area contributed by atoms with Crippen molar-refractivity contribution >= 4 is 89.5 Å². The number of carbonyl (C=O) groups is 15. The minimum absolute atomic E-state index is 0.231. The van der Waals surface area contributed by atoms with E-state index in [9.17, 15) is 82.1 Å². The molecule has 78 heavy (non-hydrogen) atoms. The van der Waals surface area contributed by atoms with Gasteiger partial charge in [-0.05, 0) is 12.8 Å². The van der Waals surface area contributed by atoms with Crippen LogP contribution in [0.15, 0.2) is 0 Å². The number of esters is 15. The molecule has 0 aliphatic heterocycles. The fraction of sp³-hybridized carbons (Fsp3) is 0.674. The number of aliphatic hydroxyl groups is 2. The van der Waals surface area contributed by atoms with Crippen LogP contribution in [0.1, 0.15) is 95.9 Å². The largest absolute Gasteiger partial charge is 0.463 e. The maximum absolute atomic E-state index is 14.2. The molecule has 0 aromatic carbocycles. The Morgan fingerprint density at radius 1 is 0.269 bits per heavy atom. The molecule has 0 heterocycles. The molecule has 0 radical (unpaired) electrons. The molecule has 0 saturated carbocycles. The van der Waals surface area contributed by atoms with Crippen LogP contribution in [0.5, 0.6) is 0 Å². The highest BCUT2D eigenvalue weighted by molar-refractivity contribution is 5.82. The highest BCUT2D eigenvalue weighted by atomic mass is 16.7. The van der Waals surface area contributed by atoms with E-state index in [2.05, 4.69) is 0 Å². The van der Waals surface area contributed by atoms with Crippen molar-refractivity contribution in [3.63, 3.8) is 0 Å². The second-order valence-electron chi connectivity index (χ2n) is 16.1. The molecule has 0 bridgehead atoms. The van der Waals surface area contributed by atoms with Crippen molar-refractivity contribution in [2.45, 2.75) is 169 Å². The third-order valence-electron chi connectivity index (χ3n) is 9.04. The van der Waals surface area contributed by atoms with Crippen LogP contribution < -0.4 is 0 Å². The van der Waals surface area contributed by atoms with Gasteiger partial charge < -0.3 is 81.3 Å². The van der Waals surface area contributed by atoms with E-state index >= 15 is 0 Å². The molecule has 0 amide bonds. The highest BCUT2D eigenvalue weighted by Gasteiger charge is 2.52. The monoisotopic (exact) mass is 1130 g/mol. The molecule has 0 saturated heterocycles. The van der Waals surface area contributed by atoms with Crippen LogP contribution >= 0.6 is 0 Å². The first-order chi connectivity index (χ1) is 36.2. The zero-order chi connectivity index (χ0) is 60.1. The summed E-state index contributed by atoms with van der Waals surface area (Å²) < 4.78 is 76.7. The second-order valence-corrected chi connectivity index (χ2v) is 16.1. The van der Waals surface area contributed by atoms with E-state index < -0.39 is 196 Å². The zero-order valence-electron chi connectivity index (χ0n) is 44.5. The van der Waals surface area contributed by atoms with Gasteiger partial charge in [-0.2, -0.15) is 0 Å². The van der Waals surface area contributed by atoms with Crippen molar-refractivity contribution in [3.8, 4) is 0 Å². The summed E-state index contributed by atoms with van der Waals surface area (Å²) in [5.41, 5.74) is 0. The minimum atomic E-state index is -2.60. The number of hydrogen-bond donors (Lipinski definition) is 2. The maximum atomic E-state index is 14.2. The normalized spacial score (nSPS) is 15.3. The van der Waals surface area contributed by atoms with E-state index in [1.807, 2.05) is 0 Å². The summed E-state index contributed by atoms with van der Waals surface area (Å²) in [4.78, 5) is 188. The average molecular weight is 1130 g/mol. The van der Waals surface area contributed by atoms with Gasteiger partial charge in [0.1, 0.15) is 32.0 Å². The van der Waals surface area contributed by atoms with Crippen LogP contribution in [0, 0.1) is 0 Å². The van der Waals surface area contributed by atoms with Crippen LogP contribution in [-0.4, -0.2) is 206 Å². The summed E-state index contributed by atoms with van der Waals surface area (Å²) in [7, 11) is 0. The van der Waals surface area contributed by atoms with Crippen LogP contribution in [-0.2, 0) is 143 Å². The fourth-order valence-corrected chi connectivity index (χ4v) is 6.34. The first kappa shape index (κ1) is 70.0. The minimum Gasteiger partial charge on any atom is -0.463 e. The van der Waals surface area contributed by atoms with Crippen molar-refractivity contribution in [1.29, 1.82) is 0 Å². The number of hydrogen-bond acceptors (Lipinski definition) is 32. The third-order valence-corrected chi connectivity index (χ3v) is 9.04. The molecule has 12 atom stereocenters. The quantitative estimate of drug-likeness (QED) is 0.0392. The molecule has 0 aromatic rings. The summed E-state index contributed by atoms with van der Waals surface area (Å²) in [6.07, 6.45) is -27.8. The highest BCUT2D eigenvalue weighted by Crippen LogP contribution is 2.25. The Bertz CT molecular complexity index is 2150. The second kappa shape index (κ2) is 35.3. The van der Waals surface area contributed by atoms with Crippen LogP contribution in [0.4, 0.5) is 0 Å². The lowest BCUT2D eigenvalue weighted by Gasteiger charge is -2.36. The number of aliphatic hydroxyl groups excluding tert-OH is 2. The molecule has 0 aliphatic rings. The SMILES string of the molecule is CC(=O)OC[C@@H](O)[C@@H](OC(C)=O)[C@H](OC(C)=O)[C@@H](OC(C)=O)C(=O)OCCCCOC(=O)[C@H](OC(C)=O)[C@@H](OC(C)=O)[C@H](OC(C)=O)[C@@H](COC(C)=O)OC(=O)[C@H](OC(C)=O)[C@@H](OC(C)=O)[C@H](OC(C)=O)[C@H](O)COC(C)=O. The summed E-state index contributed by atoms with van der Waals surface area (Å²) in [6, 6.07) is 0. The smallest absolute Gasteiger partial charge is 0.352 e. The van der Waals surface area contributed by atoms with E-state index in [0.29, 0.717) is 0 Å². The summed E-state index contributed by atoms with van der Waals surface area (Å²) in [5, 5.41) is 21.7. The Morgan fingerprint density at radius 3 is 0.795 bits per heavy atom. The standard InChI is InChI=1S/C46H64O32/c1-20(47)66-17-32(59)35(69-23(4)50)38(72-26(7)53)41(75-29(10)56)44(61)64-15-13-14-16-65-45(62)42(76-30(11)57)40(74-28(9)55)37(71-25(6)52)34(19-68-22(3)49)78-46(63)43(77-31(12)58)39(73-27(8)54)36(70-24(5)51)33(60)18-67-21(2)48/h32-43,59-60H,13-19H2,1-12H3/t32-,33-,34-,35-,36-,37-,38+,39+,40+,41-,42-,43-/m1/s1. The Hall–Kier alpha value is -8.03. The summed E-state index contributed by atoms with van der Waals surface area (Å²) >= 11 is 0. The molecule has 2 N–H and O–H groups in total. The third kappa shape index (κ3) is 28.2. The van der Waals surface area contributed by atoms with Crippen LogP contribution in [0.2, 0.25) is 0 Å². The molecule has 0 unspecified atom stereocenters. The van der Waals surface area contributed by atoms with Gasteiger partial charge in [0.15, 0.2) is 42.7 Å². The Balaban J connectivity index is 7.17. The van der Waals surface area contributed by atoms with Gasteiger partial charge >= 0.3 is 89.5 Å². The topological polar surface area (TPSA) is 435 Å². The molecule has 440 valence electrons. The lowest BCUT2D eigenvalue weighted by Crippen LogP contribution is -2.58. The summed E-state index contributed by atoms with van der Waals surface area (Å²) in [5.74, 6) is -18.9. The van der Waals surface area contributed by atoms with Crippen molar-refractivity contribution in [2.24, 2.45) is 0 Å². The average Bonchev–Trinajstić information content (AvgIpc) is 3.29. The van der Waals surface area contributed by atoms with Crippen molar-refractivity contribution in [2.75, 3.05) is 33.0 Å². The molecule has 0 spiro atoms. The first-order valence-corrected chi connectivity index (χ1v) is 23.0. The molecular weight excluding hydrogens is 1060 g/mol. The Morgan fingerprint density at radius 2 is 0.513 bits per heavy atom. The number of rotatable bonds is 33. The lowest BCUT2D eigenvalue weighted by atomic mass is 10.0. The molecule has 32 nitrogen and oxygen atoms in total. The zero-order valence-corrected chi connectivity index (χ0v) is 44.5. The van der Waals surface area contributed by atoms with Crippen LogP contribution in [0.3, 0.4) is 0 Å². The predicted molar refractivity (Wildman–Crippen MR) is 243 cm³/mol. The predicted octanol–water partition coefficient (Wildman–Crippen LogP) is -2.44. The molecule has 0 aliphatic carbocycles. The Kier molecular flexibility index (Phi) is 31.7. The Labute approximate surface area is 444 Å². The van der Waals surface area contributed by atoms with Gasteiger partial charge in [0.25, 0.3) is 0 Å². The molecule has 32 heteroatoms. The van der Waals surface area contributed by atoms with Gasteiger partial charge in [0.2, 0.25) is 18.3 Å². The van der Waals surface area contributed by atoms with Crippen molar-refractivity contribution in [1.82, 2.24) is 0 Å². The maximum Gasteiger partial charge on any atom is 0.352 e. The lowest BCUT2D eigenvalue weighted by molar-refractivity contribution is -0.218. The molecule has 0 rings (SSSR count). The number of carbonyl (C=O) groups excluding carboxylic acids is 15. The van der Waals surface area contributed by atoms with E-state index in [1.54, 1.807) is 0 Å². The molecule has 0 fully saturated rings. The summed E-state index contributed by atoms with van der Waals surface area (Å²) in [6.45, 7) is 5.57. The van der Waals surface area contributed by atoms with Crippen LogP contribution in [0.25, 0.3) is 0 Å². The first-order valence-electron chi connectivity index (χ1n) is 23.0.